The van der Waals surface area contributed by atoms with Gasteiger partial charge < -0.3 is 5.11 Å². The molecule has 0 fully saturated rings. The zero-order chi connectivity index (χ0) is 13.8. The van der Waals surface area contributed by atoms with Gasteiger partial charge in [-0.05, 0) is 31.2 Å². The van der Waals surface area contributed by atoms with Crippen molar-refractivity contribution in [2.75, 3.05) is 4.90 Å². The van der Waals surface area contributed by atoms with E-state index in [2.05, 4.69) is 0 Å². The summed E-state index contributed by atoms with van der Waals surface area (Å²) in [5.74, 6) is -0.0970. The van der Waals surface area contributed by atoms with Crippen LogP contribution in [0.2, 0.25) is 0 Å². The highest BCUT2D eigenvalue weighted by Crippen LogP contribution is 2.26. The van der Waals surface area contributed by atoms with Crippen LogP contribution < -0.4 is 4.90 Å². The van der Waals surface area contributed by atoms with Crippen LogP contribution in [-0.2, 0) is 0 Å². The zero-order valence-electron chi connectivity index (χ0n) is 10.4. The fourth-order valence-corrected chi connectivity index (χ4v) is 1.81. The van der Waals surface area contributed by atoms with Gasteiger partial charge in [0.05, 0.1) is 11.4 Å². The summed E-state index contributed by atoms with van der Waals surface area (Å²) < 4.78 is 0. The Balaban J connectivity index is 2.49. The van der Waals surface area contributed by atoms with Crippen molar-refractivity contribution in [1.82, 2.24) is 0 Å². The molecule has 0 unspecified atom stereocenters. The van der Waals surface area contributed by atoms with Gasteiger partial charge in [0, 0.05) is 5.56 Å². The highest BCUT2D eigenvalue weighted by molar-refractivity contribution is 5.99. The average Bonchev–Trinajstić information content (AvgIpc) is 2.40. The van der Waals surface area contributed by atoms with Crippen LogP contribution in [0, 0.1) is 0 Å². The number of hydrogen-bond donors (Lipinski definition) is 1. The van der Waals surface area contributed by atoms with Crippen LogP contribution in [0.25, 0.3) is 0 Å². The van der Waals surface area contributed by atoms with Crippen molar-refractivity contribution in [3.63, 3.8) is 0 Å². The molecule has 0 saturated heterocycles. The second-order valence-corrected chi connectivity index (χ2v) is 4.06. The van der Waals surface area contributed by atoms with Gasteiger partial charge in [-0.2, -0.15) is 0 Å². The molecular formula is C15H13NO3. The molecule has 96 valence electrons. The highest BCUT2D eigenvalue weighted by Gasteiger charge is 2.17. The summed E-state index contributed by atoms with van der Waals surface area (Å²) in [4.78, 5) is 23.9. The molecule has 2 rings (SSSR count). The molecule has 0 saturated carbocycles. The minimum Gasteiger partial charge on any atom is -0.464 e. The summed E-state index contributed by atoms with van der Waals surface area (Å²) in [5.41, 5.74) is 1.47. The fourth-order valence-electron chi connectivity index (χ4n) is 1.81. The number of amides is 1. The van der Waals surface area contributed by atoms with Crippen LogP contribution in [0.15, 0.2) is 54.6 Å². The molecule has 19 heavy (non-hydrogen) atoms. The molecule has 0 aliphatic heterocycles. The van der Waals surface area contributed by atoms with Gasteiger partial charge in [-0.1, -0.05) is 30.3 Å². The molecule has 0 spiro atoms. The summed E-state index contributed by atoms with van der Waals surface area (Å²) in [5, 5.41) is 9.35. The van der Waals surface area contributed by atoms with Crippen molar-refractivity contribution >= 4 is 23.3 Å². The van der Waals surface area contributed by atoms with Gasteiger partial charge in [0.25, 0.3) is 0 Å². The average molecular weight is 255 g/mol. The minimum atomic E-state index is -1.09. The Morgan fingerprint density at radius 3 is 2.16 bits per heavy atom. The quantitative estimate of drug-likeness (QED) is 0.850. The first-order valence-electron chi connectivity index (χ1n) is 5.78. The number of hydrogen-bond acceptors (Lipinski definition) is 2. The number of rotatable bonds is 3. The maximum Gasteiger partial charge on any atom is 0.416 e. The Morgan fingerprint density at radius 2 is 1.58 bits per heavy atom. The highest BCUT2D eigenvalue weighted by atomic mass is 16.4. The molecule has 2 aromatic rings. The first-order valence-corrected chi connectivity index (χ1v) is 5.78. The summed E-state index contributed by atoms with van der Waals surface area (Å²) in [7, 11) is 0. The third-order valence-corrected chi connectivity index (χ3v) is 2.72. The third kappa shape index (κ3) is 2.80. The first-order chi connectivity index (χ1) is 9.09. The van der Waals surface area contributed by atoms with Gasteiger partial charge in [-0.25, -0.2) is 9.69 Å². The smallest absolute Gasteiger partial charge is 0.416 e. The monoisotopic (exact) mass is 255 g/mol. The standard InChI is InChI=1S/C15H13NO3/c1-11(17)12-6-5-9-14(10-12)16(15(18)19)13-7-3-2-4-8-13/h2-10H,1H3,(H,18,19). The Kier molecular flexibility index (Phi) is 3.61. The second kappa shape index (κ2) is 5.35. The number of benzene rings is 2. The van der Waals surface area contributed by atoms with Gasteiger partial charge in [-0.3, -0.25) is 4.79 Å². The van der Waals surface area contributed by atoms with Crippen molar-refractivity contribution in [3.05, 3.63) is 60.2 Å². The molecule has 2 aromatic carbocycles. The van der Waals surface area contributed by atoms with Gasteiger partial charge in [0.1, 0.15) is 0 Å². The number of anilines is 2. The maximum absolute atomic E-state index is 11.4. The number of carbonyl (C=O) groups excluding carboxylic acids is 1. The molecule has 1 amide bonds. The first kappa shape index (κ1) is 12.8. The number of carbonyl (C=O) groups is 2. The molecule has 4 heteroatoms. The minimum absolute atomic E-state index is 0.0970. The summed E-state index contributed by atoms with van der Waals surface area (Å²) in [6, 6.07) is 15.3. The van der Waals surface area contributed by atoms with Crippen LogP contribution in [0.5, 0.6) is 0 Å². The Morgan fingerprint density at radius 1 is 0.947 bits per heavy atom. The summed E-state index contributed by atoms with van der Waals surface area (Å²) >= 11 is 0. The van der Waals surface area contributed by atoms with E-state index in [1.807, 2.05) is 6.07 Å². The molecular weight excluding hydrogens is 242 g/mol. The van der Waals surface area contributed by atoms with E-state index in [-0.39, 0.29) is 5.78 Å². The molecule has 0 heterocycles. The van der Waals surface area contributed by atoms with Gasteiger partial charge in [0.15, 0.2) is 5.78 Å². The lowest BCUT2D eigenvalue weighted by Crippen LogP contribution is -2.23. The Labute approximate surface area is 110 Å². The van der Waals surface area contributed by atoms with Crippen molar-refractivity contribution < 1.29 is 14.7 Å². The number of para-hydroxylation sites is 1. The molecule has 0 atom stereocenters. The van der Waals surface area contributed by atoms with Crippen LogP contribution in [0.3, 0.4) is 0 Å². The van der Waals surface area contributed by atoms with E-state index in [9.17, 15) is 14.7 Å². The molecule has 0 aliphatic rings. The largest absolute Gasteiger partial charge is 0.464 e. The lowest BCUT2D eigenvalue weighted by Gasteiger charge is -2.19. The van der Waals surface area contributed by atoms with E-state index < -0.39 is 6.09 Å². The number of ketones is 1. The topological polar surface area (TPSA) is 57.6 Å². The molecule has 1 N–H and O–H groups in total. The van der Waals surface area contributed by atoms with E-state index in [1.165, 1.54) is 6.92 Å². The van der Waals surface area contributed by atoms with Gasteiger partial charge in [-0.15, -0.1) is 0 Å². The lowest BCUT2D eigenvalue weighted by atomic mass is 10.1. The molecule has 0 bridgehead atoms. The summed E-state index contributed by atoms with van der Waals surface area (Å²) in [6.07, 6.45) is -1.09. The van der Waals surface area contributed by atoms with Crippen molar-refractivity contribution in [2.45, 2.75) is 6.92 Å². The molecule has 4 nitrogen and oxygen atoms in total. The second-order valence-electron chi connectivity index (χ2n) is 4.06. The Bertz CT molecular complexity index is 608. The molecule has 0 radical (unpaired) electrons. The van der Waals surface area contributed by atoms with Crippen molar-refractivity contribution in [2.24, 2.45) is 0 Å². The molecule has 0 aliphatic carbocycles. The molecule has 0 aromatic heterocycles. The number of carboxylic acid groups (broad SMARTS) is 1. The zero-order valence-corrected chi connectivity index (χ0v) is 10.4. The van der Waals surface area contributed by atoms with Crippen molar-refractivity contribution in [3.8, 4) is 0 Å². The van der Waals surface area contributed by atoms with Crippen molar-refractivity contribution in [1.29, 1.82) is 0 Å². The predicted molar refractivity (Wildman–Crippen MR) is 73.1 cm³/mol. The van der Waals surface area contributed by atoms with Crippen LogP contribution in [-0.4, -0.2) is 17.0 Å². The lowest BCUT2D eigenvalue weighted by molar-refractivity contribution is 0.101. The maximum atomic E-state index is 11.4. The van der Waals surface area contributed by atoms with E-state index in [1.54, 1.807) is 48.5 Å². The third-order valence-electron chi connectivity index (χ3n) is 2.72. The van der Waals surface area contributed by atoms with Crippen LogP contribution in [0.1, 0.15) is 17.3 Å². The van der Waals surface area contributed by atoms with E-state index in [0.29, 0.717) is 16.9 Å². The number of Topliss-reactive ketones (excluding diaryl/α,β-unsaturated/α-hetero) is 1. The van der Waals surface area contributed by atoms with Crippen LogP contribution >= 0.6 is 0 Å². The van der Waals surface area contributed by atoms with Gasteiger partial charge >= 0.3 is 6.09 Å². The van der Waals surface area contributed by atoms with Gasteiger partial charge in [0.2, 0.25) is 0 Å². The van der Waals surface area contributed by atoms with E-state index in [0.717, 1.165) is 4.90 Å². The van der Waals surface area contributed by atoms with E-state index in [4.69, 9.17) is 0 Å². The number of nitrogens with zero attached hydrogens (tertiary/aromatic N) is 1. The fraction of sp³-hybridized carbons (Fsp3) is 0.0667. The Hall–Kier alpha value is -2.62. The van der Waals surface area contributed by atoms with E-state index >= 15 is 0 Å². The normalized spacial score (nSPS) is 9.95. The summed E-state index contributed by atoms with van der Waals surface area (Å²) in [6.45, 7) is 1.45. The predicted octanol–water partition coefficient (Wildman–Crippen LogP) is 3.71. The SMILES string of the molecule is CC(=O)c1cccc(N(C(=O)O)c2ccccc2)c1. The van der Waals surface area contributed by atoms with Crippen LogP contribution in [0.4, 0.5) is 16.2 Å².